The van der Waals surface area contributed by atoms with Crippen LogP contribution in [0.2, 0.25) is 0 Å². The second kappa shape index (κ2) is 7.39. The average Bonchev–Trinajstić information content (AvgIpc) is 2.38. The van der Waals surface area contributed by atoms with Crippen molar-refractivity contribution in [3.63, 3.8) is 0 Å². The molecule has 0 unspecified atom stereocenters. The first-order chi connectivity index (χ1) is 8.60. The van der Waals surface area contributed by atoms with Crippen molar-refractivity contribution in [1.82, 2.24) is 4.90 Å². The zero-order valence-corrected chi connectivity index (χ0v) is 11.5. The summed E-state index contributed by atoms with van der Waals surface area (Å²) in [6.07, 6.45) is 5.36. The van der Waals surface area contributed by atoms with E-state index in [1.54, 1.807) is 4.90 Å². The molecule has 0 radical (unpaired) electrons. The number of nitrogens with zero attached hydrogens (tertiary/aromatic N) is 1. The quantitative estimate of drug-likeness (QED) is 0.793. The SMILES string of the molecule is CCCC(CCC)C(=O)N1CCC[C@H](C(=O)O)C1. The van der Waals surface area contributed by atoms with Crippen LogP contribution in [0.1, 0.15) is 52.4 Å². The molecule has 4 nitrogen and oxygen atoms in total. The Morgan fingerprint density at radius 3 is 2.39 bits per heavy atom. The largest absolute Gasteiger partial charge is 0.481 e. The molecule has 0 aromatic carbocycles. The van der Waals surface area contributed by atoms with E-state index >= 15 is 0 Å². The monoisotopic (exact) mass is 255 g/mol. The number of carboxylic acids is 1. The van der Waals surface area contributed by atoms with Gasteiger partial charge in [-0.2, -0.15) is 0 Å². The van der Waals surface area contributed by atoms with E-state index < -0.39 is 5.97 Å². The number of carbonyl (C=O) groups excluding carboxylic acids is 1. The topological polar surface area (TPSA) is 57.6 Å². The van der Waals surface area contributed by atoms with E-state index in [4.69, 9.17) is 5.11 Å². The van der Waals surface area contributed by atoms with Crippen LogP contribution in [0.3, 0.4) is 0 Å². The van der Waals surface area contributed by atoms with Gasteiger partial charge in [0, 0.05) is 19.0 Å². The van der Waals surface area contributed by atoms with E-state index in [0.717, 1.165) is 38.6 Å². The molecule has 0 spiro atoms. The minimum Gasteiger partial charge on any atom is -0.481 e. The maximum absolute atomic E-state index is 12.4. The highest BCUT2D eigenvalue weighted by Gasteiger charge is 2.30. The highest BCUT2D eigenvalue weighted by atomic mass is 16.4. The molecule has 1 fully saturated rings. The van der Waals surface area contributed by atoms with Crippen LogP contribution in [-0.4, -0.2) is 35.0 Å². The molecular weight excluding hydrogens is 230 g/mol. The summed E-state index contributed by atoms with van der Waals surface area (Å²) in [6, 6.07) is 0. The third-order valence-electron chi connectivity index (χ3n) is 3.71. The van der Waals surface area contributed by atoms with E-state index in [9.17, 15) is 9.59 Å². The normalized spacial score (nSPS) is 20.2. The number of aliphatic carboxylic acids is 1. The van der Waals surface area contributed by atoms with Crippen molar-refractivity contribution in [2.45, 2.75) is 52.4 Å². The fourth-order valence-corrected chi connectivity index (χ4v) is 2.73. The van der Waals surface area contributed by atoms with Crippen molar-refractivity contribution in [1.29, 1.82) is 0 Å². The van der Waals surface area contributed by atoms with Crippen LogP contribution in [0.5, 0.6) is 0 Å². The van der Waals surface area contributed by atoms with Crippen LogP contribution >= 0.6 is 0 Å². The lowest BCUT2D eigenvalue weighted by Crippen LogP contribution is -2.44. The van der Waals surface area contributed by atoms with Gasteiger partial charge in [0.1, 0.15) is 0 Å². The van der Waals surface area contributed by atoms with Crippen molar-refractivity contribution < 1.29 is 14.7 Å². The van der Waals surface area contributed by atoms with Crippen LogP contribution in [0, 0.1) is 11.8 Å². The molecule has 0 saturated carbocycles. The van der Waals surface area contributed by atoms with Gasteiger partial charge < -0.3 is 10.0 Å². The Hall–Kier alpha value is -1.06. The van der Waals surface area contributed by atoms with Crippen LogP contribution in [0.15, 0.2) is 0 Å². The van der Waals surface area contributed by atoms with Gasteiger partial charge in [-0.1, -0.05) is 26.7 Å². The Morgan fingerprint density at radius 2 is 1.89 bits per heavy atom. The Morgan fingerprint density at radius 1 is 1.28 bits per heavy atom. The first-order valence-electron chi connectivity index (χ1n) is 7.11. The van der Waals surface area contributed by atoms with E-state index in [2.05, 4.69) is 13.8 Å². The molecule has 104 valence electrons. The molecule has 0 aromatic heterocycles. The number of carboxylic acid groups (broad SMARTS) is 1. The number of carbonyl (C=O) groups is 2. The predicted octanol–water partition coefficient (Wildman–Crippen LogP) is 2.53. The number of rotatable bonds is 6. The van der Waals surface area contributed by atoms with Gasteiger partial charge in [-0.05, 0) is 25.7 Å². The number of likely N-dealkylation sites (tertiary alicyclic amines) is 1. The van der Waals surface area contributed by atoms with Gasteiger partial charge in [-0.3, -0.25) is 9.59 Å². The zero-order valence-electron chi connectivity index (χ0n) is 11.5. The molecule has 1 aliphatic heterocycles. The molecule has 18 heavy (non-hydrogen) atoms. The molecule has 1 N–H and O–H groups in total. The first-order valence-corrected chi connectivity index (χ1v) is 7.11. The average molecular weight is 255 g/mol. The lowest BCUT2D eigenvalue weighted by Gasteiger charge is -2.33. The highest BCUT2D eigenvalue weighted by Crippen LogP contribution is 2.22. The van der Waals surface area contributed by atoms with Gasteiger partial charge in [-0.25, -0.2) is 0 Å². The van der Waals surface area contributed by atoms with Gasteiger partial charge in [0.05, 0.1) is 5.92 Å². The third kappa shape index (κ3) is 4.00. The molecule has 1 heterocycles. The Bertz CT molecular complexity index is 285. The molecule has 0 aromatic rings. The van der Waals surface area contributed by atoms with Crippen molar-refractivity contribution in [2.75, 3.05) is 13.1 Å². The maximum Gasteiger partial charge on any atom is 0.308 e. The Balaban J connectivity index is 2.60. The molecule has 1 amide bonds. The summed E-state index contributed by atoms with van der Waals surface area (Å²) >= 11 is 0. The van der Waals surface area contributed by atoms with Gasteiger partial charge in [0.15, 0.2) is 0 Å². The highest BCUT2D eigenvalue weighted by molar-refractivity contribution is 5.80. The minimum absolute atomic E-state index is 0.0903. The summed E-state index contributed by atoms with van der Waals surface area (Å²) in [5, 5.41) is 9.05. The second-order valence-electron chi connectivity index (χ2n) is 5.24. The predicted molar refractivity (Wildman–Crippen MR) is 70.2 cm³/mol. The standard InChI is InChI=1S/C14H25NO3/c1-3-6-11(7-4-2)13(16)15-9-5-8-12(10-15)14(17)18/h11-12H,3-10H2,1-2H3,(H,17,18)/t12-/m0/s1. The molecule has 0 aliphatic carbocycles. The van der Waals surface area contributed by atoms with E-state index in [1.165, 1.54) is 0 Å². The number of hydrogen-bond donors (Lipinski definition) is 1. The summed E-state index contributed by atoms with van der Waals surface area (Å²) < 4.78 is 0. The molecule has 1 atom stereocenters. The van der Waals surface area contributed by atoms with Gasteiger partial charge in [0.25, 0.3) is 0 Å². The molecule has 1 rings (SSSR count). The Kier molecular flexibility index (Phi) is 6.16. The first kappa shape index (κ1) is 15.0. The second-order valence-corrected chi connectivity index (χ2v) is 5.24. The number of hydrogen-bond acceptors (Lipinski definition) is 2. The summed E-state index contributed by atoms with van der Waals surface area (Å²) in [4.78, 5) is 25.2. The molecular formula is C14H25NO3. The third-order valence-corrected chi connectivity index (χ3v) is 3.71. The zero-order chi connectivity index (χ0) is 13.5. The molecule has 0 bridgehead atoms. The summed E-state index contributed by atoms with van der Waals surface area (Å²) in [7, 11) is 0. The van der Waals surface area contributed by atoms with Crippen molar-refractivity contribution in [2.24, 2.45) is 11.8 Å². The maximum atomic E-state index is 12.4. The summed E-state index contributed by atoms with van der Waals surface area (Å²) in [6.45, 7) is 5.31. The van der Waals surface area contributed by atoms with Crippen molar-refractivity contribution in [3.05, 3.63) is 0 Å². The fourth-order valence-electron chi connectivity index (χ4n) is 2.73. The molecule has 1 saturated heterocycles. The summed E-state index contributed by atoms with van der Waals surface area (Å²) in [5.41, 5.74) is 0. The van der Waals surface area contributed by atoms with E-state index in [0.29, 0.717) is 13.0 Å². The lowest BCUT2D eigenvalue weighted by atomic mass is 9.93. The van der Waals surface area contributed by atoms with Gasteiger partial charge in [-0.15, -0.1) is 0 Å². The van der Waals surface area contributed by atoms with Crippen LogP contribution in [0.4, 0.5) is 0 Å². The summed E-state index contributed by atoms with van der Waals surface area (Å²) in [5.74, 6) is -0.876. The molecule has 4 heteroatoms. The van der Waals surface area contributed by atoms with E-state index in [-0.39, 0.29) is 17.7 Å². The smallest absolute Gasteiger partial charge is 0.308 e. The number of amides is 1. The van der Waals surface area contributed by atoms with Gasteiger partial charge >= 0.3 is 5.97 Å². The minimum atomic E-state index is -0.768. The number of piperidine rings is 1. The fraction of sp³-hybridized carbons (Fsp3) is 0.857. The Labute approximate surface area is 109 Å². The van der Waals surface area contributed by atoms with Crippen LogP contribution in [0.25, 0.3) is 0 Å². The lowest BCUT2D eigenvalue weighted by molar-refractivity contribution is -0.147. The van der Waals surface area contributed by atoms with Crippen molar-refractivity contribution in [3.8, 4) is 0 Å². The van der Waals surface area contributed by atoms with Gasteiger partial charge in [0.2, 0.25) is 5.91 Å². The molecule has 1 aliphatic rings. The van der Waals surface area contributed by atoms with E-state index in [1.807, 2.05) is 0 Å². The van der Waals surface area contributed by atoms with Crippen LogP contribution in [-0.2, 0) is 9.59 Å². The van der Waals surface area contributed by atoms with Crippen molar-refractivity contribution >= 4 is 11.9 Å². The van der Waals surface area contributed by atoms with Crippen LogP contribution < -0.4 is 0 Å².